The van der Waals surface area contributed by atoms with Gasteiger partial charge in [0.2, 0.25) is 8.32 Å². The highest BCUT2D eigenvalue weighted by Crippen LogP contribution is 2.40. The van der Waals surface area contributed by atoms with Crippen LogP contribution in [0.3, 0.4) is 0 Å². The Morgan fingerprint density at radius 2 is 1.75 bits per heavy atom. The van der Waals surface area contributed by atoms with Gasteiger partial charge in [-0.3, -0.25) is 4.79 Å². The second-order valence-electron chi connectivity index (χ2n) is 13.5. The van der Waals surface area contributed by atoms with Gasteiger partial charge in [0.05, 0.1) is 25.0 Å². The van der Waals surface area contributed by atoms with Gasteiger partial charge in [-0.2, -0.15) is 5.10 Å². The number of rotatable bonds is 11. The highest BCUT2D eigenvalue weighted by molar-refractivity contribution is 8.00. The summed E-state index contributed by atoms with van der Waals surface area (Å²) in [5, 5.41) is 18.1. The van der Waals surface area contributed by atoms with Crippen molar-refractivity contribution in [3.63, 3.8) is 0 Å². The molecule has 256 valence electrons. The Labute approximate surface area is 285 Å². The number of anilines is 1. The van der Waals surface area contributed by atoms with Gasteiger partial charge in [0.15, 0.2) is 6.29 Å². The predicted octanol–water partition coefficient (Wildman–Crippen LogP) is 7.32. The maximum absolute atomic E-state index is 14.9. The van der Waals surface area contributed by atoms with Crippen molar-refractivity contribution in [2.45, 2.75) is 74.8 Å². The molecule has 9 nitrogen and oxygen atoms in total. The Hall–Kier alpha value is -3.62. The number of carbonyl (C=O) groups is 1. The van der Waals surface area contributed by atoms with Gasteiger partial charge < -0.3 is 24.3 Å². The molecule has 0 aliphatic carbocycles. The third kappa shape index (κ3) is 8.32. The molecule has 1 amide bonds. The normalized spacial score (nSPS) is 18.9. The molecule has 0 bridgehead atoms. The van der Waals surface area contributed by atoms with Crippen molar-refractivity contribution in [2.24, 2.45) is 0 Å². The van der Waals surface area contributed by atoms with Crippen LogP contribution in [0.1, 0.15) is 55.5 Å². The average Bonchev–Trinajstić information content (AvgIpc) is 3.54. The highest BCUT2D eigenvalue weighted by Gasteiger charge is 2.42. The van der Waals surface area contributed by atoms with Gasteiger partial charge in [-0.05, 0) is 60.6 Å². The van der Waals surface area contributed by atoms with Crippen molar-refractivity contribution < 1.29 is 32.6 Å². The number of amides is 1. The van der Waals surface area contributed by atoms with Crippen LogP contribution in [0.2, 0.25) is 18.1 Å². The molecule has 5 rings (SSSR count). The van der Waals surface area contributed by atoms with E-state index in [0.717, 1.165) is 23.4 Å². The van der Waals surface area contributed by atoms with Crippen molar-refractivity contribution >= 4 is 31.7 Å². The van der Waals surface area contributed by atoms with E-state index in [2.05, 4.69) is 49.3 Å². The summed E-state index contributed by atoms with van der Waals surface area (Å²) in [4.78, 5) is 16.9. The van der Waals surface area contributed by atoms with Crippen LogP contribution in [-0.2, 0) is 21.6 Å². The van der Waals surface area contributed by atoms with Crippen LogP contribution < -0.4 is 9.74 Å². The lowest BCUT2D eigenvalue weighted by molar-refractivity contribution is -0.180. The molecule has 1 aliphatic heterocycles. The van der Waals surface area contributed by atoms with E-state index in [0.29, 0.717) is 24.5 Å². The lowest BCUT2D eigenvalue weighted by atomic mass is 9.90. The summed E-state index contributed by atoms with van der Waals surface area (Å²) < 4.78 is 48.4. The predicted molar refractivity (Wildman–Crippen MR) is 184 cm³/mol. The smallest absolute Gasteiger partial charge is 0.255 e. The van der Waals surface area contributed by atoms with Gasteiger partial charge in [-0.25, -0.2) is 18.4 Å². The lowest BCUT2D eigenvalue weighted by Gasteiger charge is -2.37. The average molecular weight is 697 g/mol. The Morgan fingerprint density at radius 3 is 2.33 bits per heavy atom. The molecule has 1 fully saturated rings. The first-order chi connectivity index (χ1) is 22.6. The molecule has 13 heteroatoms. The molecule has 0 unspecified atom stereocenters. The van der Waals surface area contributed by atoms with E-state index in [9.17, 15) is 18.7 Å². The third-order valence-corrected chi connectivity index (χ3v) is 14.8. The summed E-state index contributed by atoms with van der Waals surface area (Å²) in [5.74, 6) is -1.03. The van der Waals surface area contributed by atoms with E-state index < -0.39 is 37.1 Å². The first-order valence-electron chi connectivity index (χ1n) is 15.7. The number of aromatic nitrogens is 3. The van der Waals surface area contributed by atoms with Crippen LogP contribution in [0.5, 0.6) is 5.75 Å². The van der Waals surface area contributed by atoms with Gasteiger partial charge in [0, 0.05) is 33.7 Å². The number of aliphatic hydroxyl groups is 1. The summed E-state index contributed by atoms with van der Waals surface area (Å²) >= 11 is 1.38. The van der Waals surface area contributed by atoms with Crippen LogP contribution in [0.25, 0.3) is 0 Å². The zero-order chi connectivity index (χ0) is 34.7. The Kier molecular flexibility index (Phi) is 10.8. The van der Waals surface area contributed by atoms with Crippen molar-refractivity contribution in [3.05, 3.63) is 108 Å². The van der Waals surface area contributed by atoms with E-state index >= 15 is 0 Å². The molecule has 2 N–H and O–H groups in total. The molecule has 1 aromatic heterocycles. The van der Waals surface area contributed by atoms with Crippen LogP contribution >= 0.6 is 11.8 Å². The first kappa shape index (κ1) is 35.7. The zero-order valence-corrected chi connectivity index (χ0v) is 29.8. The molecule has 0 saturated carbocycles. The van der Waals surface area contributed by atoms with E-state index in [-0.39, 0.29) is 28.3 Å². The maximum Gasteiger partial charge on any atom is 0.255 e. The number of nitrogens with zero attached hydrogens (tertiary/aromatic N) is 3. The van der Waals surface area contributed by atoms with Crippen molar-refractivity contribution in [3.8, 4) is 5.75 Å². The number of thioether (sulfide) groups is 1. The summed E-state index contributed by atoms with van der Waals surface area (Å²) in [6.07, 6.45) is 2.12. The summed E-state index contributed by atoms with van der Waals surface area (Å²) in [7, 11) is -1.96. The molecule has 1 saturated heterocycles. The molecule has 48 heavy (non-hydrogen) atoms. The van der Waals surface area contributed by atoms with Crippen LogP contribution in [0.15, 0.2) is 79.4 Å². The fourth-order valence-electron chi connectivity index (χ4n) is 5.04. The molecule has 2 atom stereocenters. The number of hydrogen-bond acceptors (Lipinski definition) is 8. The third-order valence-electron chi connectivity index (χ3n) is 8.94. The molecular weight excluding hydrogens is 655 g/mol. The van der Waals surface area contributed by atoms with Crippen LogP contribution in [0, 0.1) is 11.6 Å². The zero-order valence-electron chi connectivity index (χ0n) is 27.9. The highest BCUT2D eigenvalue weighted by atomic mass is 32.2. The van der Waals surface area contributed by atoms with Gasteiger partial charge in [0.25, 0.3) is 5.91 Å². The number of ether oxygens (including phenoxy) is 2. The molecule has 3 aromatic carbocycles. The number of carbonyl (C=O) groups excluding carboxylic acids is 1. The Balaban J connectivity index is 1.16. The van der Waals surface area contributed by atoms with E-state index in [1.807, 2.05) is 24.3 Å². The SMILES string of the molecule is C[C@@H](S[C@H]1CO[C@H](c2ccc(C(=O)Nc3ccc(O[Si](C)(C)C(C)(C)C)cc3)cc2)OC1)[C@](O)(Cn1cncn1)c1ccc(F)cc1F. The van der Waals surface area contributed by atoms with Gasteiger partial charge in [0.1, 0.15) is 35.6 Å². The molecule has 0 spiro atoms. The standard InChI is InChI=1S/C35H42F2N4O5SSi/c1-23(35(43,20-41-22-38-21-39-41)30-16-11-26(36)17-31(30)37)47-29-18-44-33(45-19-29)25-9-7-24(8-10-25)32(42)40-27-12-14-28(15-13-27)46-48(5,6)34(2,3)4/h7-17,21-23,29,33,43H,18-20H2,1-6H3,(H,40,42)/t23-,29-,33-,35-/m1/s1. The topological polar surface area (TPSA) is 108 Å². The lowest BCUT2D eigenvalue weighted by Crippen LogP contribution is -2.43. The van der Waals surface area contributed by atoms with Crippen LogP contribution in [0.4, 0.5) is 14.5 Å². The summed E-state index contributed by atoms with van der Waals surface area (Å²) in [6, 6.07) is 17.6. The Bertz CT molecular complexity index is 1680. The van der Waals surface area contributed by atoms with Gasteiger partial charge in [-0.1, -0.05) is 45.9 Å². The second kappa shape index (κ2) is 14.5. The number of benzene rings is 3. The maximum atomic E-state index is 14.9. The second-order valence-corrected chi connectivity index (χ2v) is 19.9. The minimum atomic E-state index is -1.96. The van der Waals surface area contributed by atoms with Crippen molar-refractivity contribution in [1.82, 2.24) is 14.8 Å². The first-order valence-corrected chi connectivity index (χ1v) is 19.6. The minimum absolute atomic E-state index is 0.0354. The van der Waals surface area contributed by atoms with Crippen molar-refractivity contribution in [1.29, 1.82) is 0 Å². The molecule has 2 heterocycles. The van der Waals surface area contributed by atoms with Gasteiger partial charge >= 0.3 is 0 Å². The van der Waals surface area contributed by atoms with Gasteiger partial charge in [-0.15, -0.1) is 11.8 Å². The van der Waals surface area contributed by atoms with E-state index in [1.54, 1.807) is 31.2 Å². The monoisotopic (exact) mass is 696 g/mol. The molecular formula is C35H42F2N4O5SSi. The van der Waals surface area contributed by atoms with E-state index in [4.69, 9.17) is 13.9 Å². The summed E-state index contributed by atoms with van der Waals surface area (Å²) in [6.45, 7) is 13.3. The number of hydrogen-bond donors (Lipinski definition) is 2. The molecule has 0 radical (unpaired) electrons. The van der Waals surface area contributed by atoms with E-state index in [1.165, 1.54) is 35.2 Å². The molecule has 4 aromatic rings. The number of nitrogens with one attached hydrogen (secondary N) is 1. The fraction of sp³-hybridized carbons (Fsp3) is 0.400. The minimum Gasteiger partial charge on any atom is -0.544 e. The van der Waals surface area contributed by atoms with Crippen LogP contribution in [-0.4, -0.2) is 57.8 Å². The van der Waals surface area contributed by atoms with Crippen molar-refractivity contribution in [2.75, 3.05) is 18.5 Å². The largest absolute Gasteiger partial charge is 0.544 e. The fourth-order valence-corrected chi connectivity index (χ4v) is 7.39. The summed E-state index contributed by atoms with van der Waals surface area (Å²) in [5.41, 5.74) is 0.138. The molecule has 1 aliphatic rings. The Morgan fingerprint density at radius 1 is 1.08 bits per heavy atom. The quantitative estimate of drug-likeness (QED) is 0.157. The number of halogens is 2.